The van der Waals surface area contributed by atoms with E-state index < -0.39 is 5.97 Å². The fourth-order valence-corrected chi connectivity index (χ4v) is 2.52. The van der Waals surface area contributed by atoms with Crippen molar-refractivity contribution in [1.82, 2.24) is 5.32 Å². The molecule has 0 saturated carbocycles. The van der Waals surface area contributed by atoms with Crippen LogP contribution in [0.5, 0.6) is 5.75 Å². The lowest BCUT2D eigenvalue weighted by Gasteiger charge is -2.09. The SMILES string of the molecule is COc1ccc(Br)cc1CC(=O)NCCSCC(=O)O. The smallest absolute Gasteiger partial charge is 0.313 e. The molecule has 1 aromatic carbocycles. The molecule has 1 rings (SSSR count). The maximum absolute atomic E-state index is 11.8. The Morgan fingerprint density at radius 1 is 1.45 bits per heavy atom. The van der Waals surface area contributed by atoms with Gasteiger partial charge in [0.05, 0.1) is 19.3 Å². The van der Waals surface area contributed by atoms with E-state index >= 15 is 0 Å². The van der Waals surface area contributed by atoms with Crippen LogP contribution in [0, 0.1) is 0 Å². The zero-order valence-corrected chi connectivity index (χ0v) is 13.4. The summed E-state index contributed by atoms with van der Waals surface area (Å²) in [7, 11) is 1.56. The molecule has 0 unspecified atom stereocenters. The van der Waals surface area contributed by atoms with Crippen LogP contribution in [0.25, 0.3) is 0 Å². The van der Waals surface area contributed by atoms with Crippen molar-refractivity contribution in [2.24, 2.45) is 0 Å². The van der Waals surface area contributed by atoms with Crippen LogP contribution in [0.3, 0.4) is 0 Å². The van der Waals surface area contributed by atoms with Crippen LogP contribution in [0.2, 0.25) is 0 Å². The molecular formula is C13H16BrNO4S. The van der Waals surface area contributed by atoms with Crippen LogP contribution in [0.4, 0.5) is 0 Å². The van der Waals surface area contributed by atoms with E-state index in [0.29, 0.717) is 18.0 Å². The number of carboxylic acids is 1. The first-order valence-corrected chi connectivity index (χ1v) is 7.86. The molecule has 1 amide bonds. The molecule has 0 aromatic heterocycles. The number of hydrogen-bond donors (Lipinski definition) is 2. The van der Waals surface area contributed by atoms with Crippen molar-refractivity contribution in [3.05, 3.63) is 28.2 Å². The molecule has 0 spiro atoms. The number of hydrogen-bond acceptors (Lipinski definition) is 4. The summed E-state index contributed by atoms with van der Waals surface area (Å²) < 4.78 is 6.09. The number of ether oxygens (including phenoxy) is 1. The number of rotatable bonds is 8. The molecule has 1 aromatic rings. The predicted octanol–water partition coefficient (Wildman–Crippen LogP) is 1.93. The normalized spacial score (nSPS) is 10.1. The Bertz CT molecular complexity index is 481. The Kier molecular flexibility index (Phi) is 7.46. The molecule has 0 aliphatic carbocycles. The van der Waals surface area contributed by atoms with Gasteiger partial charge in [-0.1, -0.05) is 15.9 Å². The Morgan fingerprint density at radius 3 is 2.85 bits per heavy atom. The highest BCUT2D eigenvalue weighted by molar-refractivity contribution is 9.10. The van der Waals surface area contributed by atoms with Crippen molar-refractivity contribution < 1.29 is 19.4 Å². The topological polar surface area (TPSA) is 75.6 Å². The second-order valence-electron chi connectivity index (χ2n) is 3.93. The third-order valence-corrected chi connectivity index (χ3v) is 3.82. The average molecular weight is 362 g/mol. The molecule has 7 heteroatoms. The van der Waals surface area contributed by atoms with Crippen molar-refractivity contribution in [3.63, 3.8) is 0 Å². The Balaban J connectivity index is 2.38. The molecule has 0 aliphatic heterocycles. The van der Waals surface area contributed by atoms with Gasteiger partial charge in [-0.05, 0) is 18.2 Å². The highest BCUT2D eigenvalue weighted by atomic mass is 79.9. The summed E-state index contributed by atoms with van der Waals surface area (Å²) in [6, 6.07) is 5.50. The first kappa shape index (κ1) is 16.8. The summed E-state index contributed by atoms with van der Waals surface area (Å²) in [6.07, 6.45) is 0.228. The fraction of sp³-hybridized carbons (Fsp3) is 0.385. The van der Waals surface area contributed by atoms with Crippen molar-refractivity contribution in [2.75, 3.05) is 25.2 Å². The van der Waals surface area contributed by atoms with Gasteiger partial charge in [0.2, 0.25) is 5.91 Å². The molecule has 5 nitrogen and oxygen atoms in total. The van der Waals surface area contributed by atoms with E-state index in [2.05, 4.69) is 21.2 Å². The molecule has 0 radical (unpaired) electrons. The Morgan fingerprint density at radius 2 is 2.20 bits per heavy atom. The highest BCUT2D eigenvalue weighted by Crippen LogP contribution is 2.23. The van der Waals surface area contributed by atoms with Crippen molar-refractivity contribution in [1.29, 1.82) is 0 Å². The molecule has 0 fully saturated rings. The monoisotopic (exact) mass is 361 g/mol. The van der Waals surface area contributed by atoms with E-state index in [1.807, 2.05) is 12.1 Å². The summed E-state index contributed by atoms with van der Waals surface area (Å²) in [5, 5.41) is 11.2. The number of carboxylic acid groups (broad SMARTS) is 1. The van der Waals surface area contributed by atoms with Gasteiger partial charge in [0.1, 0.15) is 5.75 Å². The summed E-state index contributed by atoms with van der Waals surface area (Å²) in [5.74, 6) is 0.337. The standard InChI is InChI=1S/C13H16BrNO4S/c1-19-11-3-2-10(14)6-9(11)7-12(16)15-4-5-20-8-13(17)18/h2-3,6H,4-5,7-8H2,1H3,(H,15,16)(H,17,18). The van der Waals surface area contributed by atoms with E-state index in [1.54, 1.807) is 13.2 Å². The first-order valence-electron chi connectivity index (χ1n) is 5.91. The number of aliphatic carboxylic acids is 1. The maximum Gasteiger partial charge on any atom is 0.313 e. The van der Waals surface area contributed by atoms with Crippen LogP contribution in [0.1, 0.15) is 5.56 Å². The van der Waals surface area contributed by atoms with Crippen molar-refractivity contribution in [3.8, 4) is 5.75 Å². The first-order chi connectivity index (χ1) is 9.52. The van der Waals surface area contributed by atoms with Gasteiger partial charge in [-0.2, -0.15) is 0 Å². The number of nitrogens with one attached hydrogen (secondary N) is 1. The van der Waals surface area contributed by atoms with Gasteiger partial charge in [-0.3, -0.25) is 9.59 Å². The predicted molar refractivity (Wildman–Crippen MR) is 82.4 cm³/mol. The summed E-state index contributed by atoms with van der Waals surface area (Å²) in [6.45, 7) is 0.451. The largest absolute Gasteiger partial charge is 0.496 e. The number of thioether (sulfide) groups is 1. The molecule has 110 valence electrons. The maximum atomic E-state index is 11.8. The third kappa shape index (κ3) is 6.29. The van der Waals surface area contributed by atoms with Crippen LogP contribution in [0.15, 0.2) is 22.7 Å². The van der Waals surface area contributed by atoms with E-state index in [0.717, 1.165) is 10.0 Å². The van der Waals surface area contributed by atoms with Gasteiger partial charge >= 0.3 is 5.97 Å². The third-order valence-electron chi connectivity index (χ3n) is 2.39. The molecule has 0 heterocycles. The van der Waals surface area contributed by atoms with Crippen molar-refractivity contribution in [2.45, 2.75) is 6.42 Å². The Labute approximate surface area is 130 Å². The van der Waals surface area contributed by atoms with Gasteiger partial charge in [-0.25, -0.2) is 0 Å². The number of carbonyl (C=O) groups is 2. The highest BCUT2D eigenvalue weighted by Gasteiger charge is 2.09. The van der Waals surface area contributed by atoms with E-state index in [1.165, 1.54) is 11.8 Å². The summed E-state index contributed by atoms with van der Waals surface area (Å²) in [5.41, 5.74) is 0.803. The molecule has 2 N–H and O–H groups in total. The molecular weight excluding hydrogens is 346 g/mol. The van der Waals surface area contributed by atoms with Gasteiger partial charge in [-0.15, -0.1) is 11.8 Å². The van der Waals surface area contributed by atoms with E-state index in [-0.39, 0.29) is 18.1 Å². The second kappa shape index (κ2) is 8.86. The van der Waals surface area contributed by atoms with Gasteiger partial charge in [0.25, 0.3) is 0 Å². The zero-order valence-electron chi connectivity index (χ0n) is 11.0. The fourth-order valence-electron chi connectivity index (χ4n) is 1.54. The van der Waals surface area contributed by atoms with Crippen LogP contribution < -0.4 is 10.1 Å². The second-order valence-corrected chi connectivity index (χ2v) is 5.95. The lowest BCUT2D eigenvalue weighted by Crippen LogP contribution is -2.27. The van der Waals surface area contributed by atoms with Gasteiger partial charge < -0.3 is 15.2 Å². The summed E-state index contributed by atoms with van der Waals surface area (Å²) >= 11 is 4.63. The van der Waals surface area contributed by atoms with E-state index in [9.17, 15) is 9.59 Å². The van der Waals surface area contributed by atoms with Gasteiger partial charge in [0.15, 0.2) is 0 Å². The quantitative estimate of drug-likeness (QED) is 0.692. The molecule has 20 heavy (non-hydrogen) atoms. The minimum Gasteiger partial charge on any atom is -0.496 e. The average Bonchev–Trinajstić information content (AvgIpc) is 2.38. The zero-order chi connectivity index (χ0) is 15.0. The van der Waals surface area contributed by atoms with Crippen LogP contribution >= 0.6 is 27.7 Å². The molecule has 0 atom stereocenters. The van der Waals surface area contributed by atoms with E-state index in [4.69, 9.17) is 9.84 Å². The number of amides is 1. The molecule has 0 aliphatic rings. The van der Waals surface area contributed by atoms with Crippen LogP contribution in [-0.2, 0) is 16.0 Å². The lowest BCUT2D eigenvalue weighted by molar-refractivity contribution is -0.133. The number of benzene rings is 1. The summed E-state index contributed by atoms with van der Waals surface area (Å²) in [4.78, 5) is 22.1. The number of methoxy groups -OCH3 is 1. The Hall–Kier alpha value is -1.21. The molecule has 0 bridgehead atoms. The number of carbonyl (C=O) groups excluding carboxylic acids is 1. The van der Waals surface area contributed by atoms with Gasteiger partial charge in [0, 0.05) is 22.3 Å². The number of halogens is 1. The van der Waals surface area contributed by atoms with Crippen LogP contribution in [-0.4, -0.2) is 42.1 Å². The molecule has 0 saturated heterocycles. The lowest BCUT2D eigenvalue weighted by atomic mass is 10.1. The minimum atomic E-state index is -0.847. The minimum absolute atomic E-state index is 0.0509. The van der Waals surface area contributed by atoms with Crippen molar-refractivity contribution >= 4 is 39.6 Å².